The molecule has 1 heterocycles. The molecule has 0 spiro atoms. The fourth-order valence-corrected chi connectivity index (χ4v) is 3.32. The zero-order chi connectivity index (χ0) is 19.2. The highest BCUT2D eigenvalue weighted by Gasteiger charge is 2.17. The average molecular weight is 387 g/mol. The van der Waals surface area contributed by atoms with Gasteiger partial charge in [-0.15, -0.1) is 0 Å². The summed E-state index contributed by atoms with van der Waals surface area (Å²) in [6, 6.07) is 11.0. The van der Waals surface area contributed by atoms with Gasteiger partial charge in [-0.25, -0.2) is 0 Å². The number of rotatable bonds is 6. The van der Waals surface area contributed by atoms with Crippen LogP contribution in [0.3, 0.4) is 0 Å². The molecule has 1 N–H and O–H groups in total. The first-order valence-corrected chi connectivity index (χ1v) is 9.24. The van der Waals surface area contributed by atoms with Gasteiger partial charge in [0.05, 0.1) is 25.6 Å². The molecule has 0 radical (unpaired) electrons. The smallest absolute Gasteiger partial charge is 0.248 e. The standard InChI is InChI=1S/C21H23ClN2O3/c1-26-17-7-9-20(27-2)15(13-17)5-10-21(25)23-18-14-16(22)6-8-19(18)24-11-3-4-12-24/h5-10,13-14H,3-4,11-12H2,1-2H3,(H,23,25)/b10-5+. The van der Waals surface area contributed by atoms with Crippen LogP contribution < -0.4 is 19.7 Å². The highest BCUT2D eigenvalue weighted by molar-refractivity contribution is 6.31. The summed E-state index contributed by atoms with van der Waals surface area (Å²) in [6.45, 7) is 1.97. The molecule has 0 unspecified atom stereocenters. The minimum absolute atomic E-state index is 0.234. The SMILES string of the molecule is COc1ccc(OC)c(/C=C/C(=O)Nc2cc(Cl)ccc2N2CCCC2)c1. The summed E-state index contributed by atoms with van der Waals surface area (Å²) >= 11 is 6.13. The van der Waals surface area contributed by atoms with E-state index in [-0.39, 0.29) is 5.91 Å². The van der Waals surface area contributed by atoms with Crippen LogP contribution in [0.15, 0.2) is 42.5 Å². The highest BCUT2D eigenvalue weighted by Crippen LogP contribution is 2.32. The van der Waals surface area contributed by atoms with Crippen LogP contribution in [0.1, 0.15) is 18.4 Å². The summed E-state index contributed by atoms with van der Waals surface area (Å²) in [4.78, 5) is 14.8. The summed E-state index contributed by atoms with van der Waals surface area (Å²) in [7, 11) is 3.19. The Bertz CT molecular complexity index is 845. The van der Waals surface area contributed by atoms with Crippen molar-refractivity contribution in [2.45, 2.75) is 12.8 Å². The first-order valence-electron chi connectivity index (χ1n) is 8.86. The lowest BCUT2D eigenvalue weighted by Gasteiger charge is -2.21. The third-order valence-corrected chi connectivity index (χ3v) is 4.75. The van der Waals surface area contributed by atoms with E-state index >= 15 is 0 Å². The van der Waals surface area contributed by atoms with Crippen LogP contribution in [0.25, 0.3) is 6.08 Å². The number of hydrogen-bond acceptors (Lipinski definition) is 4. The second kappa shape index (κ2) is 8.82. The number of carbonyl (C=O) groups excluding carboxylic acids is 1. The lowest BCUT2D eigenvalue weighted by Crippen LogP contribution is -2.20. The Labute approximate surface area is 164 Å². The molecule has 1 aliphatic heterocycles. The Hall–Kier alpha value is -2.66. The third-order valence-electron chi connectivity index (χ3n) is 4.51. The average Bonchev–Trinajstić information content (AvgIpc) is 3.20. The van der Waals surface area contributed by atoms with Crippen molar-refractivity contribution in [1.82, 2.24) is 0 Å². The van der Waals surface area contributed by atoms with Crippen LogP contribution in [0.2, 0.25) is 5.02 Å². The first kappa shape index (κ1) is 19.1. The molecule has 1 saturated heterocycles. The second-order valence-electron chi connectivity index (χ2n) is 6.29. The topological polar surface area (TPSA) is 50.8 Å². The molecule has 0 saturated carbocycles. The molecule has 2 aromatic rings. The molecule has 1 amide bonds. The molecule has 142 valence electrons. The Morgan fingerprint density at radius 3 is 2.59 bits per heavy atom. The fourth-order valence-electron chi connectivity index (χ4n) is 3.15. The maximum Gasteiger partial charge on any atom is 0.248 e. The molecule has 3 rings (SSSR count). The van der Waals surface area contributed by atoms with E-state index in [1.807, 2.05) is 24.3 Å². The molecular weight excluding hydrogens is 364 g/mol. The number of nitrogens with zero attached hydrogens (tertiary/aromatic N) is 1. The van der Waals surface area contributed by atoms with Crippen LogP contribution in [0.4, 0.5) is 11.4 Å². The maximum atomic E-state index is 12.5. The Morgan fingerprint density at radius 2 is 1.89 bits per heavy atom. The molecule has 0 aliphatic carbocycles. The van der Waals surface area contributed by atoms with Gasteiger partial charge in [-0.3, -0.25) is 4.79 Å². The van der Waals surface area contributed by atoms with Crippen molar-refractivity contribution in [3.05, 3.63) is 53.1 Å². The number of nitrogens with one attached hydrogen (secondary N) is 1. The molecule has 5 nitrogen and oxygen atoms in total. The second-order valence-corrected chi connectivity index (χ2v) is 6.72. The summed E-state index contributed by atoms with van der Waals surface area (Å²) in [6.07, 6.45) is 5.50. The largest absolute Gasteiger partial charge is 0.497 e. The Balaban J connectivity index is 1.78. The van der Waals surface area contributed by atoms with Crippen molar-refractivity contribution < 1.29 is 14.3 Å². The van der Waals surface area contributed by atoms with Crippen molar-refractivity contribution >= 4 is 35.0 Å². The van der Waals surface area contributed by atoms with E-state index in [2.05, 4.69) is 10.2 Å². The van der Waals surface area contributed by atoms with Crippen molar-refractivity contribution in [2.75, 3.05) is 37.5 Å². The number of carbonyl (C=O) groups is 1. The number of amides is 1. The normalized spacial score (nSPS) is 13.8. The summed E-state index contributed by atoms with van der Waals surface area (Å²) in [5, 5.41) is 3.53. The van der Waals surface area contributed by atoms with Crippen LogP contribution in [0.5, 0.6) is 11.5 Å². The summed E-state index contributed by atoms with van der Waals surface area (Å²) in [5.74, 6) is 1.13. The van der Waals surface area contributed by atoms with Crippen molar-refractivity contribution in [3.8, 4) is 11.5 Å². The summed E-state index contributed by atoms with van der Waals surface area (Å²) in [5.41, 5.74) is 2.48. The van der Waals surface area contributed by atoms with E-state index in [0.29, 0.717) is 16.5 Å². The minimum atomic E-state index is -0.234. The number of benzene rings is 2. The quantitative estimate of drug-likeness (QED) is 0.736. The summed E-state index contributed by atoms with van der Waals surface area (Å²) < 4.78 is 10.6. The van der Waals surface area contributed by atoms with E-state index in [4.69, 9.17) is 21.1 Å². The molecule has 1 aliphatic rings. The van der Waals surface area contributed by atoms with E-state index in [9.17, 15) is 4.79 Å². The van der Waals surface area contributed by atoms with Crippen molar-refractivity contribution in [2.24, 2.45) is 0 Å². The zero-order valence-corrected chi connectivity index (χ0v) is 16.3. The van der Waals surface area contributed by atoms with Gasteiger partial charge in [-0.05, 0) is 55.3 Å². The zero-order valence-electron chi connectivity index (χ0n) is 15.5. The third kappa shape index (κ3) is 4.74. The molecule has 2 aromatic carbocycles. The number of ether oxygens (including phenoxy) is 2. The molecule has 1 fully saturated rings. The predicted octanol–water partition coefficient (Wildman–Crippen LogP) is 4.61. The van der Waals surface area contributed by atoms with Gasteiger partial charge < -0.3 is 19.7 Å². The van der Waals surface area contributed by atoms with Gasteiger partial charge in [-0.2, -0.15) is 0 Å². The Kier molecular flexibility index (Phi) is 6.24. The van der Waals surface area contributed by atoms with Gasteiger partial charge in [0.2, 0.25) is 5.91 Å². The van der Waals surface area contributed by atoms with Crippen LogP contribution in [0, 0.1) is 0 Å². The Morgan fingerprint density at radius 1 is 1.11 bits per heavy atom. The molecule has 6 heteroatoms. The molecule has 27 heavy (non-hydrogen) atoms. The van der Waals surface area contributed by atoms with Crippen molar-refractivity contribution in [1.29, 1.82) is 0 Å². The van der Waals surface area contributed by atoms with E-state index in [1.165, 1.54) is 6.08 Å². The first-order chi connectivity index (χ1) is 13.1. The van der Waals surface area contributed by atoms with Gasteiger partial charge in [0.25, 0.3) is 0 Å². The van der Waals surface area contributed by atoms with Gasteiger partial charge in [-0.1, -0.05) is 11.6 Å². The van der Waals surface area contributed by atoms with Gasteiger partial charge >= 0.3 is 0 Å². The maximum absolute atomic E-state index is 12.5. The minimum Gasteiger partial charge on any atom is -0.497 e. The van der Waals surface area contributed by atoms with Crippen LogP contribution in [-0.2, 0) is 4.79 Å². The lowest BCUT2D eigenvalue weighted by atomic mass is 10.1. The van der Waals surface area contributed by atoms with Crippen molar-refractivity contribution in [3.63, 3.8) is 0 Å². The van der Waals surface area contributed by atoms with E-state index in [1.54, 1.807) is 32.4 Å². The van der Waals surface area contributed by atoms with Crippen LogP contribution in [-0.4, -0.2) is 33.2 Å². The van der Waals surface area contributed by atoms with Gasteiger partial charge in [0.1, 0.15) is 11.5 Å². The van der Waals surface area contributed by atoms with E-state index < -0.39 is 0 Å². The molecular formula is C21H23ClN2O3. The fraction of sp³-hybridized carbons (Fsp3) is 0.286. The van der Waals surface area contributed by atoms with Crippen LogP contribution >= 0.6 is 11.6 Å². The van der Waals surface area contributed by atoms with E-state index in [0.717, 1.165) is 42.9 Å². The number of anilines is 2. The monoisotopic (exact) mass is 386 g/mol. The van der Waals surface area contributed by atoms with Gasteiger partial charge in [0.15, 0.2) is 0 Å². The molecule has 0 bridgehead atoms. The highest BCUT2D eigenvalue weighted by atomic mass is 35.5. The van der Waals surface area contributed by atoms with Gasteiger partial charge in [0, 0.05) is 29.8 Å². The number of methoxy groups -OCH3 is 2. The molecule has 0 aromatic heterocycles. The molecule has 0 atom stereocenters. The number of halogens is 1. The number of hydrogen-bond donors (Lipinski definition) is 1. The predicted molar refractivity (Wildman–Crippen MR) is 110 cm³/mol. The lowest BCUT2D eigenvalue weighted by molar-refractivity contribution is -0.111.